The zero-order valence-corrected chi connectivity index (χ0v) is 16.8. The van der Waals surface area contributed by atoms with Gasteiger partial charge in [0.1, 0.15) is 0 Å². The predicted octanol–water partition coefficient (Wildman–Crippen LogP) is 5.37. The van der Waals surface area contributed by atoms with E-state index in [9.17, 15) is 9.59 Å². The minimum Gasteiger partial charge on any atom is -0.326 e. The van der Waals surface area contributed by atoms with Crippen molar-refractivity contribution in [2.24, 2.45) is 0 Å². The van der Waals surface area contributed by atoms with E-state index >= 15 is 0 Å². The first-order valence-corrected chi connectivity index (χ1v) is 10.3. The number of nitrogens with zero attached hydrogens (tertiary/aromatic N) is 1. The molecule has 0 unspecified atom stereocenters. The second-order valence-electron chi connectivity index (χ2n) is 7.20. The van der Waals surface area contributed by atoms with Gasteiger partial charge in [-0.25, -0.2) is 0 Å². The summed E-state index contributed by atoms with van der Waals surface area (Å²) in [7, 11) is 0. The van der Waals surface area contributed by atoms with Crippen LogP contribution in [0, 0.1) is 0 Å². The summed E-state index contributed by atoms with van der Waals surface area (Å²) < 4.78 is 2.68. The molecule has 28 heavy (non-hydrogen) atoms. The summed E-state index contributed by atoms with van der Waals surface area (Å²) in [5.41, 5.74) is 2.82. The van der Waals surface area contributed by atoms with Gasteiger partial charge in [-0.15, -0.1) is 0 Å². The van der Waals surface area contributed by atoms with E-state index in [1.165, 1.54) is 27.7 Å². The van der Waals surface area contributed by atoms with Crippen molar-refractivity contribution in [3.8, 4) is 0 Å². The molecule has 0 bridgehead atoms. The molecule has 3 aromatic carbocycles. The summed E-state index contributed by atoms with van der Waals surface area (Å²) in [6, 6.07) is 20.2. The van der Waals surface area contributed by atoms with Crippen molar-refractivity contribution in [3.63, 3.8) is 0 Å². The summed E-state index contributed by atoms with van der Waals surface area (Å²) >= 11 is 1.22. The minimum atomic E-state index is -0.0251. The normalized spacial score (nSPS) is 11.4. The number of carbonyl (C=O) groups is 1. The molecule has 0 saturated carbocycles. The number of benzene rings is 3. The molecule has 4 aromatic rings. The first-order chi connectivity index (χ1) is 13.5. The molecule has 0 fully saturated rings. The molecule has 0 aliphatic carbocycles. The fraction of sp³-hybridized carbons (Fsp3) is 0.217. The quantitative estimate of drug-likeness (QED) is 0.498. The van der Waals surface area contributed by atoms with Crippen LogP contribution in [-0.4, -0.2) is 10.5 Å². The zero-order valence-electron chi connectivity index (χ0n) is 15.9. The Labute approximate surface area is 167 Å². The molecular weight excluding hydrogens is 368 g/mol. The van der Waals surface area contributed by atoms with Gasteiger partial charge in [0.15, 0.2) is 0 Å². The number of hydrogen-bond donors (Lipinski definition) is 1. The summed E-state index contributed by atoms with van der Waals surface area (Å²) in [4.78, 5) is 24.7. The molecule has 1 N–H and O–H groups in total. The maximum Gasteiger partial charge on any atom is 0.308 e. The van der Waals surface area contributed by atoms with Gasteiger partial charge in [0.25, 0.3) is 0 Å². The van der Waals surface area contributed by atoms with Crippen LogP contribution in [-0.2, 0) is 11.2 Å². The Kier molecular flexibility index (Phi) is 5.01. The monoisotopic (exact) mass is 390 g/mol. The van der Waals surface area contributed by atoms with Gasteiger partial charge in [0.2, 0.25) is 5.91 Å². The third-order valence-corrected chi connectivity index (χ3v) is 5.83. The van der Waals surface area contributed by atoms with E-state index in [1.807, 2.05) is 50.2 Å². The fourth-order valence-corrected chi connectivity index (χ4v) is 4.64. The van der Waals surface area contributed by atoms with E-state index in [2.05, 4.69) is 29.6 Å². The Morgan fingerprint density at radius 3 is 2.68 bits per heavy atom. The molecule has 4 rings (SSSR count). The first-order valence-electron chi connectivity index (χ1n) is 9.44. The standard InChI is InChI=1S/C23H22N2O2S/c1-15(2)25-20-12-11-18(14-21(20)28-23(25)27)24-22(26)13-10-17-8-5-7-16-6-3-4-9-19(16)17/h3-9,11-12,14-15H,10,13H2,1-2H3,(H,24,26). The number of amides is 1. The highest BCUT2D eigenvalue weighted by atomic mass is 32.1. The third kappa shape index (κ3) is 3.58. The van der Waals surface area contributed by atoms with Crippen molar-refractivity contribution < 1.29 is 4.79 Å². The van der Waals surface area contributed by atoms with Gasteiger partial charge in [0.05, 0.1) is 10.2 Å². The summed E-state index contributed by atoms with van der Waals surface area (Å²) in [5.74, 6) is -0.0251. The zero-order chi connectivity index (χ0) is 19.7. The highest BCUT2D eigenvalue weighted by Gasteiger charge is 2.12. The van der Waals surface area contributed by atoms with Crippen LogP contribution in [0.15, 0.2) is 65.5 Å². The molecule has 0 radical (unpaired) electrons. The summed E-state index contributed by atoms with van der Waals surface area (Å²) in [6.45, 7) is 3.99. The molecule has 0 aliphatic heterocycles. The Balaban J connectivity index is 1.48. The van der Waals surface area contributed by atoms with Crippen LogP contribution in [0.1, 0.15) is 31.9 Å². The number of hydrogen-bond acceptors (Lipinski definition) is 3. The van der Waals surface area contributed by atoms with E-state index in [0.717, 1.165) is 15.9 Å². The van der Waals surface area contributed by atoms with E-state index in [1.54, 1.807) is 4.57 Å². The molecule has 1 amide bonds. The van der Waals surface area contributed by atoms with Gasteiger partial charge >= 0.3 is 4.87 Å². The van der Waals surface area contributed by atoms with Gasteiger partial charge in [-0.05, 0) is 54.8 Å². The number of fused-ring (bicyclic) bond motifs is 2. The van der Waals surface area contributed by atoms with Crippen molar-refractivity contribution in [3.05, 3.63) is 75.9 Å². The van der Waals surface area contributed by atoms with Crippen molar-refractivity contribution in [1.29, 1.82) is 0 Å². The summed E-state index contributed by atoms with van der Waals surface area (Å²) in [5, 5.41) is 5.35. The largest absolute Gasteiger partial charge is 0.326 e. The van der Waals surface area contributed by atoms with Gasteiger partial charge in [-0.2, -0.15) is 0 Å². The fourth-order valence-electron chi connectivity index (χ4n) is 3.59. The van der Waals surface area contributed by atoms with Crippen LogP contribution in [0.3, 0.4) is 0 Å². The average Bonchev–Trinajstić information content (AvgIpc) is 3.01. The van der Waals surface area contributed by atoms with Crippen LogP contribution in [0.25, 0.3) is 21.0 Å². The lowest BCUT2D eigenvalue weighted by molar-refractivity contribution is -0.116. The van der Waals surface area contributed by atoms with Crippen LogP contribution < -0.4 is 10.2 Å². The molecular formula is C23H22N2O2S. The van der Waals surface area contributed by atoms with Crippen molar-refractivity contribution >= 4 is 43.9 Å². The molecule has 4 nitrogen and oxygen atoms in total. The Hall–Kier alpha value is -2.92. The highest BCUT2D eigenvalue weighted by Crippen LogP contribution is 2.24. The van der Waals surface area contributed by atoms with E-state index < -0.39 is 0 Å². The van der Waals surface area contributed by atoms with E-state index in [4.69, 9.17) is 0 Å². The first kappa shape index (κ1) is 18.4. The number of carbonyl (C=O) groups excluding carboxylic acids is 1. The van der Waals surface area contributed by atoms with E-state index in [0.29, 0.717) is 12.8 Å². The second-order valence-corrected chi connectivity index (χ2v) is 8.19. The van der Waals surface area contributed by atoms with E-state index in [-0.39, 0.29) is 16.8 Å². The molecule has 5 heteroatoms. The Bertz CT molecular complexity index is 1210. The lowest BCUT2D eigenvalue weighted by atomic mass is 10.0. The molecule has 0 aliphatic rings. The molecule has 0 saturated heterocycles. The van der Waals surface area contributed by atoms with Gasteiger partial charge in [0, 0.05) is 18.2 Å². The third-order valence-electron chi connectivity index (χ3n) is 4.91. The number of aromatic nitrogens is 1. The maximum atomic E-state index is 12.5. The van der Waals surface area contributed by atoms with Gasteiger partial charge in [-0.1, -0.05) is 53.8 Å². The van der Waals surface area contributed by atoms with Crippen LogP contribution in [0.5, 0.6) is 0 Å². The molecule has 0 atom stereocenters. The Morgan fingerprint density at radius 1 is 1.07 bits per heavy atom. The summed E-state index contributed by atoms with van der Waals surface area (Å²) in [6.07, 6.45) is 1.10. The molecule has 1 heterocycles. The SMILES string of the molecule is CC(C)n1c(=O)sc2cc(NC(=O)CCc3cccc4ccccc34)ccc21. The number of rotatable bonds is 5. The molecule has 1 aromatic heterocycles. The van der Waals surface area contributed by atoms with Crippen LogP contribution in [0.4, 0.5) is 5.69 Å². The van der Waals surface area contributed by atoms with Gasteiger partial charge < -0.3 is 5.32 Å². The predicted molar refractivity (Wildman–Crippen MR) is 117 cm³/mol. The van der Waals surface area contributed by atoms with Crippen molar-refractivity contribution in [2.45, 2.75) is 32.7 Å². The minimum absolute atomic E-state index is 0.0251. The topological polar surface area (TPSA) is 51.1 Å². The molecule has 142 valence electrons. The number of nitrogens with one attached hydrogen (secondary N) is 1. The van der Waals surface area contributed by atoms with Gasteiger partial charge in [-0.3, -0.25) is 14.2 Å². The number of thiazole rings is 1. The smallest absolute Gasteiger partial charge is 0.308 e. The lowest BCUT2D eigenvalue weighted by Gasteiger charge is -2.09. The van der Waals surface area contributed by atoms with Crippen molar-refractivity contribution in [1.82, 2.24) is 4.57 Å². The number of anilines is 1. The maximum absolute atomic E-state index is 12.5. The molecule has 0 spiro atoms. The Morgan fingerprint density at radius 2 is 1.86 bits per heavy atom. The van der Waals surface area contributed by atoms with Crippen LogP contribution in [0.2, 0.25) is 0 Å². The van der Waals surface area contributed by atoms with Crippen LogP contribution >= 0.6 is 11.3 Å². The van der Waals surface area contributed by atoms with Crippen molar-refractivity contribution in [2.75, 3.05) is 5.32 Å². The highest BCUT2D eigenvalue weighted by molar-refractivity contribution is 7.16. The lowest BCUT2D eigenvalue weighted by Crippen LogP contribution is -2.14. The average molecular weight is 391 g/mol. The second kappa shape index (κ2) is 7.60. The number of aryl methyl sites for hydroxylation is 1.